The maximum absolute atomic E-state index is 12.9. The third-order valence-corrected chi connectivity index (χ3v) is 4.82. The zero-order chi connectivity index (χ0) is 23.5. The molecule has 2 aromatic carbocycles. The molecule has 0 atom stereocenters. The van der Waals surface area contributed by atoms with Gasteiger partial charge in [0.05, 0.1) is 21.7 Å². The first kappa shape index (κ1) is 21.6. The molecule has 1 amide bonds. The minimum Gasteiger partial charge on any atom is -0.378 e. The molecule has 166 valence electrons. The van der Waals surface area contributed by atoms with E-state index in [9.17, 15) is 14.9 Å². The number of hydrogen-bond acceptors (Lipinski definition) is 10. The van der Waals surface area contributed by atoms with E-state index in [-0.39, 0.29) is 39.3 Å². The average molecular weight is 468 g/mol. The SMILES string of the molecule is Cc1ccc(-c2c(C(=O)N/N=C/c3c(Cl)cccc3[N+](=O)[O-])nnn2-c2nonc2N)cc1. The van der Waals surface area contributed by atoms with Crippen molar-refractivity contribution in [1.82, 2.24) is 30.7 Å². The van der Waals surface area contributed by atoms with Crippen LogP contribution in [-0.2, 0) is 0 Å². The van der Waals surface area contributed by atoms with Crippen molar-refractivity contribution in [3.8, 4) is 17.1 Å². The molecule has 0 bridgehead atoms. The molecule has 14 heteroatoms. The maximum atomic E-state index is 12.9. The summed E-state index contributed by atoms with van der Waals surface area (Å²) in [6, 6.07) is 11.4. The summed E-state index contributed by atoms with van der Waals surface area (Å²) in [6.07, 6.45) is 1.08. The Balaban J connectivity index is 1.70. The fraction of sp³-hybridized carbons (Fsp3) is 0.0526. The van der Waals surface area contributed by atoms with Gasteiger partial charge in [0.1, 0.15) is 5.69 Å². The van der Waals surface area contributed by atoms with E-state index < -0.39 is 10.8 Å². The zero-order valence-electron chi connectivity index (χ0n) is 16.8. The zero-order valence-corrected chi connectivity index (χ0v) is 17.6. The molecular weight excluding hydrogens is 454 g/mol. The van der Waals surface area contributed by atoms with Crippen LogP contribution in [0.5, 0.6) is 0 Å². The molecule has 0 unspecified atom stereocenters. The minimum absolute atomic E-state index is 0.0355. The lowest BCUT2D eigenvalue weighted by atomic mass is 10.1. The third kappa shape index (κ3) is 4.24. The predicted octanol–water partition coefficient (Wildman–Crippen LogP) is 2.53. The number of hydrazone groups is 1. The van der Waals surface area contributed by atoms with Gasteiger partial charge < -0.3 is 5.73 Å². The standard InChI is InChI=1S/C19H14ClN9O4/c1-10-5-7-11(8-6-10)16-15(23-27-28(16)18-17(21)25-33-26-18)19(30)24-22-9-12-13(20)3-2-4-14(12)29(31)32/h2-9H,1H3,(H2,21,25)(H,24,30)/b22-9+. The van der Waals surface area contributed by atoms with Gasteiger partial charge >= 0.3 is 0 Å². The number of nitrogens with two attached hydrogens (primary N) is 1. The molecule has 13 nitrogen and oxygen atoms in total. The van der Waals surface area contributed by atoms with Crippen LogP contribution in [0.1, 0.15) is 21.6 Å². The number of nitro benzene ring substituents is 1. The third-order valence-electron chi connectivity index (χ3n) is 4.49. The van der Waals surface area contributed by atoms with Gasteiger partial charge in [-0.2, -0.15) is 9.78 Å². The van der Waals surface area contributed by atoms with Crippen LogP contribution < -0.4 is 11.2 Å². The lowest BCUT2D eigenvalue weighted by Crippen LogP contribution is -2.19. The molecule has 0 aliphatic heterocycles. The van der Waals surface area contributed by atoms with Crippen molar-refractivity contribution in [3.63, 3.8) is 0 Å². The summed E-state index contributed by atoms with van der Waals surface area (Å²) in [4.78, 5) is 23.5. The fourth-order valence-corrected chi connectivity index (χ4v) is 3.13. The Bertz CT molecular complexity index is 1380. The number of nitrogens with one attached hydrogen (secondary N) is 1. The quantitative estimate of drug-likeness (QED) is 0.244. The second kappa shape index (κ2) is 8.84. The maximum Gasteiger partial charge on any atom is 0.294 e. The highest BCUT2D eigenvalue weighted by Crippen LogP contribution is 2.27. The monoisotopic (exact) mass is 467 g/mol. The van der Waals surface area contributed by atoms with Crippen LogP contribution in [-0.4, -0.2) is 42.4 Å². The van der Waals surface area contributed by atoms with E-state index in [1.165, 1.54) is 22.9 Å². The van der Waals surface area contributed by atoms with Crippen LogP contribution in [0.3, 0.4) is 0 Å². The first-order valence-corrected chi connectivity index (χ1v) is 9.62. The van der Waals surface area contributed by atoms with Gasteiger partial charge in [-0.1, -0.05) is 52.7 Å². The normalized spacial score (nSPS) is 11.1. The lowest BCUT2D eigenvalue weighted by Gasteiger charge is -2.06. The topological polar surface area (TPSA) is 180 Å². The van der Waals surface area contributed by atoms with Crippen molar-refractivity contribution in [2.45, 2.75) is 6.92 Å². The summed E-state index contributed by atoms with van der Waals surface area (Å²) in [5.41, 5.74) is 9.57. The Morgan fingerprint density at radius 2 is 2.03 bits per heavy atom. The lowest BCUT2D eigenvalue weighted by molar-refractivity contribution is -0.385. The van der Waals surface area contributed by atoms with Gasteiger partial charge in [0.2, 0.25) is 11.6 Å². The Morgan fingerprint density at radius 1 is 1.27 bits per heavy atom. The van der Waals surface area contributed by atoms with Crippen LogP contribution in [0.25, 0.3) is 17.1 Å². The Morgan fingerprint density at radius 3 is 2.70 bits per heavy atom. The molecule has 3 N–H and O–H groups in total. The van der Waals surface area contributed by atoms with Gasteiger partial charge in [-0.3, -0.25) is 14.9 Å². The van der Waals surface area contributed by atoms with Crippen molar-refractivity contribution in [2.24, 2.45) is 5.10 Å². The van der Waals surface area contributed by atoms with Crippen LogP contribution in [0.15, 0.2) is 52.2 Å². The Labute approximate surface area is 190 Å². The van der Waals surface area contributed by atoms with E-state index in [2.05, 4.69) is 35.8 Å². The number of aromatic nitrogens is 5. The summed E-state index contributed by atoms with van der Waals surface area (Å²) >= 11 is 6.03. The highest BCUT2D eigenvalue weighted by atomic mass is 35.5. The molecule has 0 aliphatic rings. The van der Waals surface area contributed by atoms with E-state index in [4.69, 9.17) is 17.3 Å². The molecule has 0 fully saturated rings. The predicted molar refractivity (Wildman–Crippen MR) is 117 cm³/mol. The molecule has 4 aromatic rings. The number of nitrogen functional groups attached to an aromatic ring is 1. The number of hydrogen-bond donors (Lipinski definition) is 2. The van der Waals surface area contributed by atoms with Gasteiger partial charge in [-0.25, -0.2) is 10.1 Å². The van der Waals surface area contributed by atoms with E-state index in [1.54, 1.807) is 12.1 Å². The molecule has 0 radical (unpaired) electrons. The van der Waals surface area contributed by atoms with Crippen LogP contribution >= 0.6 is 11.6 Å². The number of nitro groups is 1. The number of benzene rings is 2. The van der Waals surface area contributed by atoms with E-state index in [0.717, 1.165) is 11.8 Å². The van der Waals surface area contributed by atoms with Crippen LogP contribution in [0.4, 0.5) is 11.5 Å². The van der Waals surface area contributed by atoms with Crippen molar-refractivity contribution in [2.75, 3.05) is 5.73 Å². The van der Waals surface area contributed by atoms with E-state index in [1.807, 2.05) is 19.1 Å². The summed E-state index contributed by atoms with van der Waals surface area (Å²) in [7, 11) is 0. The van der Waals surface area contributed by atoms with E-state index in [0.29, 0.717) is 5.56 Å². The largest absolute Gasteiger partial charge is 0.378 e. The number of carbonyl (C=O) groups excluding carboxylic acids is 1. The molecule has 0 aliphatic carbocycles. The summed E-state index contributed by atoms with van der Waals surface area (Å²) < 4.78 is 5.85. The molecule has 0 spiro atoms. The van der Waals surface area contributed by atoms with Crippen LogP contribution in [0, 0.1) is 17.0 Å². The Hall–Kier alpha value is -4.65. The molecule has 33 heavy (non-hydrogen) atoms. The number of carbonyl (C=O) groups is 1. The molecule has 2 heterocycles. The number of amides is 1. The number of halogens is 1. The molecule has 0 saturated carbocycles. The highest BCUT2D eigenvalue weighted by molar-refractivity contribution is 6.33. The van der Waals surface area contributed by atoms with Crippen LogP contribution in [0.2, 0.25) is 5.02 Å². The first-order valence-electron chi connectivity index (χ1n) is 9.24. The van der Waals surface area contributed by atoms with Gasteiger partial charge in [-0.05, 0) is 23.3 Å². The van der Waals surface area contributed by atoms with Crippen molar-refractivity contribution >= 4 is 35.2 Å². The molecule has 0 saturated heterocycles. The average Bonchev–Trinajstić information content (AvgIpc) is 3.41. The molecule has 2 aromatic heterocycles. The Kier molecular flexibility index (Phi) is 5.78. The summed E-state index contributed by atoms with van der Waals surface area (Å²) in [6.45, 7) is 1.91. The van der Waals surface area contributed by atoms with Gasteiger partial charge in [0.25, 0.3) is 11.6 Å². The number of anilines is 1. The minimum atomic E-state index is -0.738. The molecule has 4 rings (SSSR count). The van der Waals surface area contributed by atoms with Gasteiger partial charge in [0, 0.05) is 11.6 Å². The fourth-order valence-electron chi connectivity index (χ4n) is 2.91. The second-order valence-electron chi connectivity index (χ2n) is 6.67. The van der Waals surface area contributed by atoms with Crippen molar-refractivity contribution in [3.05, 3.63) is 74.4 Å². The van der Waals surface area contributed by atoms with Crippen molar-refractivity contribution in [1.29, 1.82) is 0 Å². The summed E-state index contributed by atoms with van der Waals surface area (Å²) in [5, 5.41) is 30.2. The summed E-state index contributed by atoms with van der Waals surface area (Å²) in [5.74, 6) is -0.741. The van der Waals surface area contributed by atoms with Crippen molar-refractivity contribution < 1.29 is 14.3 Å². The van der Waals surface area contributed by atoms with Gasteiger partial charge in [0.15, 0.2) is 5.69 Å². The first-order chi connectivity index (χ1) is 15.9. The van der Waals surface area contributed by atoms with E-state index >= 15 is 0 Å². The smallest absolute Gasteiger partial charge is 0.294 e. The number of aryl methyl sites for hydroxylation is 1. The second-order valence-corrected chi connectivity index (χ2v) is 7.07. The van der Waals surface area contributed by atoms with Gasteiger partial charge in [-0.15, -0.1) is 5.10 Å². The number of nitrogens with zero attached hydrogens (tertiary/aromatic N) is 7. The highest BCUT2D eigenvalue weighted by Gasteiger charge is 2.25. The molecular formula is C19H14ClN9O4. The number of rotatable bonds is 6.